The Morgan fingerprint density at radius 3 is 2.20 bits per heavy atom. The molecule has 1 aliphatic heterocycles. The molecule has 2 aromatic heterocycles. The molecule has 0 spiro atoms. The Kier molecular flexibility index (Phi) is 4.13. The van der Waals surface area contributed by atoms with Crippen LogP contribution in [0.2, 0.25) is 0 Å². The molecule has 0 saturated carbocycles. The van der Waals surface area contributed by atoms with E-state index in [-0.39, 0.29) is 0 Å². The van der Waals surface area contributed by atoms with Gasteiger partial charge in [-0.1, -0.05) is 48.5 Å². The first-order valence-corrected chi connectivity index (χ1v) is 11.9. The summed E-state index contributed by atoms with van der Waals surface area (Å²) in [6.45, 7) is 8.19. The summed E-state index contributed by atoms with van der Waals surface area (Å²) in [7, 11) is -0.638. The lowest BCUT2D eigenvalue weighted by Crippen LogP contribution is -2.41. The molecule has 35 heavy (non-hydrogen) atoms. The Labute approximate surface area is 202 Å². The third-order valence-electron chi connectivity index (χ3n) is 7.55. The number of benzene rings is 4. The summed E-state index contributed by atoms with van der Waals surface area (Å²) in [4.78, 5) is 4.96. The van der Waals surface area contributed by atoms with Crippen molar-refractivity contribution in [2.24, 2.45) is 0 Å². The maximum absolute atomic E-state index is 6.47. The van der Waals surface area contributed by atoms with Gasteiger partial charge in [0.25, 0.3) is 0 Å². The van der Waals surface area contributed by atoms with E-state index in [1.165, 1.54) is 5.39 Å². The maximum Gasteiger partial charge on any atom is 0.501 e. The summed E-state index contributed by atoms with van der Waals surface area (Å²) in [5, 5.41) is 4.29. The van der Waals surface area contributed by atoms with E-state index >= 15 is 0 Å². The third kappa shape index (κ3) is 3.00. The van der Waals surface area contributed by atoms with Gasteiger partial charge in [-0.05, 0) is 62.7 Å². The minimum atomic E-state index is -0.638. The van der Waals surface area contributed by atoms with Gasteiger partial charge in [-0.25, -0.2) is 4.98 Å². The van der Waals surface area contributed by atoms with Crippen molar-refractivity contribution in [3.8, 4) is 11.5 Å². The van der Waals surface area contributed by atoms with Crippen LogP contribution >= 0.6 is 0 Å². The van der Waals surface area contributed by atoms with E-state index in [4.69, 9.17) is 23.1 Å². The normalized spacial score (nSPS) is 17.3. The SMILES string of the molecule is CC1(C)OB(c2c3nc(-c4ccc5ccccc5c4)oc3cc3c2oc2ccccc23)OC1(C)C. The van der Waals surface area contributed by atoms with Gasteiger partial charge in [0, 0.05) is 16.3 Å². The maximum atomic E-state index is 6.47. The molecule has 0 atom stereocenters. The molecule has 6 heteroatoms. The fourth-order valence-electron chi connectivity index (χ4n) is 4.90. The van der Waals surface area contributed by atoms with Gasteiger partial charge in [0.2, 0.25) is 5.89 Å². The van der Waals surface area contributed by atoms with Gasteiger partial charge >= 0.3 is 7.12 Å². The Morgan fingerprint density at radius 2 is 1.40 bits per heavy atom. The van der Waals surface area contributed by atoms with Gasteiger partial charge in [0.05, 0.1) is 16.7 Å². The fourth-order valence-corrected chi connectivity index (χ4v) is 4.90. The molecule has 0 bridgehead atoms. The molecule has 1 saturated heterocycles. The van der Waals surface area contributed by atoms with Gasteiger partial charge in [-0.3, -0.25) is 0 Å². The van der Waals surface area contributed by atoms with Crippen LogP contribution in [-0.2, 0) is 9.31 Å². The van der Waals surface area contributed by atoms with Crippen LogP contribution in [0, 0.1) is 0 Å². The lowest BCUT2D eigenvalue weighted by atomic mass is 9.77. The first kappa shape index (κ1) is 20.7. The number of nitrogens with zero attached hydrogens (tertiary/aromatic N) is 1. The first-order valence-electron chi connectivity index (χ1n) is 11.9. The molecule has 6 aromatic rings. The standard InChI is InChI=1S/C29H24BNO4/c1-28(2)29(3,4)35-30(34-28)24-25-23(16-21-20-11-7-8-12-22(20)32-26(21)24)33-27(31-25)19-14-13-17-9-5-6-10-18(17)15-19/h5-16H,1-4H3. The van der Waals surface area contributed by atoms with Crippen molar-refractivity contribution in [2.75, 3.05) is 0 Å². The van der Waals surface area contributed by atoms with Gasteiger partial charge in [-0.2, -0.15) is 0 Å². The number of para-hydroxylation sites is 1. The van der Waals surface area contributed by atoms with Gasteiger partial charge in [0.1, 0.15) is 16.7 Å². The van der Waals surface area contributed by atoms with Crippen molar-refractivity contribution < 1.29 is 18.1 Å². The van der Waals surface area contributed by atoms with E-state index in [9.17, 15) is 0 Å². The van der Waals surface area contributed by atoms with E-state index in [1.807, 2.05) is 70.2 Å². The second-order valence-electron chi connectivity index (χ2n) is 10.3. The summed E-state index contributed by atoms with van der Waals surface area (Å²) < 4.78 is 25.7. The number of aromatic nitrogens is 1. The number of fused-ring (bicyclic) bond motifs is 5. The zero-order valence-electron chi connectivity index (χ0n) is 20.1. The average Bonchev–Trinajstić information content (AvgIpc) is 3.48. The van der Waals surface area contributed by atoms with Crippen molar-refractivity contribution in [3.63, 3.8) is 0 Å². The number of hydrogen-bond acceptors (Lipinski definition) is 5. The Hall–Kier alpha value is -3.61. The summed E-state index contributed by atoms with van der Waals surface area (Å²) in [6, 6.07) is 24.5. The predicted octanol–water partition coefficient (Wildman–Crippen LogP) is 6.85. The number of rotatable bonds is 2. The molecular formula is C29H24BNO4. The van der Waals surface area contributed by atoms with Crippen LogP contribution in [0.4, 0.5) is 0 Å². The Morgan fingerprint density at radius 1 is 0.686 bits per heavy atom. The molecule has 5 nitrogen and oxygen atoms in total. The van der Waals surface area contributed by atoms with Crippen molar-refractivity contribution in [3.05, 3.63) is 72.8 Å². The zero-order valence-corrected chi connectivity index (χ0v) is 20.1. The highest BCUT2D eigenvalue weighted by molar-refractivity contribution is 6.68. The lowest BCUT2D eigenvalue weighted by molar-refractivity contribution is 0.00578. The average molecular weight is 461 g/mol. The molecule has 0 amide bonds. The highest BCUT2D eigenvalue weighted by atomic mass is 16.7. The first-order chi connectivity index (χ1) is 16.8. The monoisotopic (exact) mass is 461 g/mol. The predicted molar refractivity (Wildman–Crippen MR) is 140 cm³/mol. The summed E-state index contributed by atoms with van der Waals surface area (Å²) in [5.41, 5.74) is 3.59. The zero-order chi connectivity index (χ0) is 23.9. The van der Waals surface area contributed by atoms with E-state index in [2.05, 4.69) is 30.3 Å². The fraction of sp³-hybridized carbons (Fsp3) is 0.207. The molecule has 172 valence electrons. The van der Waals surface area contributed by atoms with Crippen LogP contribution in [0.25, 0.3) is 55.3 Å². The van der Waals surface area contributed by atoms with Crippen LogP contribution in [0.1, 0.15) is 27.7 Å². The van der Waals surface area contributed by atoms with Crippen molar-refractivity contribution in [2.45, 2.75) is 38.9 Å². The van der Waals surface area contributed by atoms with E-state index in [0.717, 1.165) is 38.4 Å². The number of hydrogen-bond donors (Lipinski definition) is 0. The summed E-state index contributed by atoms with van der Waals surface area (Å²) in [6.07, 6.45) is 0. The lowest BCUT2D eigenvalue weighted by Gasteiger charge is -2.32. The van der Waals surface area contributed by atoms with Crippen LogP contribution in [-0.4, -0.2) is 23.3 Å². The largest absolute Gasteiger partial charge is 0.501 e. The van der Waals surface area contributed by atoms with Crippen LogP contribution in [0.15, 0.2) is 81.6 Å². The second kappa shape index (κ2) is 6.97. The van der Waals surface area contributed by atoms with E-state index in [1.54, 1.807) is 0 Å². The molecule has 0 N–H and O–H groups in total. The molecular weight excluding hydrogens is 437 g/mol. The minimum Gasteiger partial charge on any atom is -0.456 e. The highest BCUT2D eigenvalue weighted by Crippen LogP contribution is 2.40. The van der Waals surface area contributed by atoms with Gasteiger partial charge < -0.3 is 18.1 Å². The minimum absolute atomic E-state index is 0.497. The van der Waals surface area contributed by atoms with Gasteiger partial charge in [-0.15, -0.1) is 0 Å². The Balaban J connectivity index is 1.50. The quantitative estimate of drug-likeness (QED) is 0.264. The molecule has 7 rings (SSSR count). The van der Waals surface area contributed by atoms with Gasteiger partial charge in [0.15, 0.2) is 5.58 Å². The topological polar surface area (TPSA) is 57.6 Å². The van der Waals surface area contributed by atoms with Crippen LogP contribution in [0.5, 0.6) is 0 Å². The molecule has 4 aromatic carbocycles. The molecule has 0 unspecified atom stereocenters. The van der Waals surface area contributed by atoms with Crippen LogP contribution in [0.3, 0.4) is 0 Å². The summed E-state index contributed by atoms with van der Waals surface area (Å²) >= 11 is 0. The summed E-state index contributed by atoms with van der Waals surface area (Å²) in [5.74, 6) is 0.556. The second-order valence-corrected chi connectivity index (χ2v) is 10.3. The molecule has 1 aliphatic rings. The molecule has 3 heterocycles. The van der Waals surface area contributed by atoms with Crippen molar-refractivity contribution in [1.82, 2.24) is 4.98 Å². The van der Waals surface area contributed by atoms with E-state index in [0.29, 0.717) is 17.0 Å². The van der Waals surface area contributed by atoms with Crippen molar-refractivity contribution >= 4 is 56.4 Å². The number of oxazole rings is 1. The molecule has 0 aliphatic carbocycles. The van der Waals surface area contributed by atoms with E-state index < -0.39 is 18.3 Å². The highest BCUT2D eigenvalue weighted by Gasteiger charge is 2.53. The number of furan rings is 1. The molecule has 0 radical (unpaired) electrons. The Bertz CT molecular complexity index is 1760. The third-order valence-corrected chi connectivity index (χ3v) is 7.55. The molecule has 1 fully saturated rings. The van der Waals surface area contributed by atoms with Crippen molar-refractivity contribution in [1.29, 1.82) is 0 Å². The van der Waals surface area contributed by atoms with Crippen LogP contribution < -0.4 is 5.46 Å². The smallest absolute Gasteiger partial charge is 0.456 e.